The number of aryl methyl sites for hydroxylation is 1. The van der Waals surface area contributed by atoms with Crippen LogP contribution >= 0.6 is 0 Å². The molecule has 1 heterocycles. The van der Waals surface area contributed by atoms with Gasteiger partial charge >= 0.3 is 0 Å². The molecule has 2 N–H and O–H groups in total. The Bertz CT molecular complexity index is 370. The van der Waals surface area contributed by atoms with Gasteiger partial charge in [0.15, 0.2) is 0 Å². The second kappa shape index (κ2) is 6.19. The maximum Gasteiger partial charge on any atom is 0.129 e. The summed E-state index contributed by atoms with van der Waals surface area (Å²) in [6.07, 6.45) is 5.87. The van der Waals surface area contributed by atoms with Crippen LogP contribution in [0.15, 0.2) is 18.2 Å². The number of nitrogens with zero attached hydrogens (tertiary/aromatic N) is 2. The van der Waals surface area contributed by atoms with E-state index in [4.69, 9.17) is 5.73 Å². The van der Waals surface area contributed by atoms with Gasteiger partial charge in [-0.2, -0.15) is 0 Å². The lowest BCUT2D eigenvalue weighted by Crippen LogP contribution is -2.41. The fourth-order valence-electron chi connectivity index (χ4n) is 2.83. The van der Waals surface area contributed by atoms with Crippen LogP contribution < -0.4 is 10.6 Å². The highest BCUT2D eigenvalue weighted by Crippen LogP contribution is 2.26. The van der Waals surface area contributed by atoms with E-state index in [-0.39, 0.29) is 0 Å². The second-order valence-corrected chi connectivity index (χ2v) is 5.40. The third kappa shape index (κ3) is 3.22. The molecular formula is C15H25N3. The van der Waals surface area contributed by atoms with Crippen molar-refractivity contribution >= 4 is 5.82 Å². The highest BCUT2D eigenvalue weighted by atomic mass is 15.2. The Morgan fingerprint density at radius 3 is 2.61 bits per heavy atom. The molecule has 0 atom stereocenters. The maximum absolute atomic E-state index is 6.00. The molecule has 3 heteroatoms. The smallest absolute Gasteiger partial charge is 0.129 e. The minimum Gasteiger partial charge on any atom is -0.354 e. The van der Waals surface area contributed by atoms with Crippen molar-refractivity contribution in [3.63, 3.8) is 0 Å². The average Bonchev–Trinajstić information content (AvgIpc) is 2.37. The van der Waals surface area contributed by atoms with Gasteiger partial charge in [0.05, 0.1) is 0 Å². The summed E-state index contributed by atoms with van der Waals surface area (Å²) in [5, 5.41) is 0. The Morgan fingerprint density at radius 1 is 1.28 bits per heavy atom. The molecule has 100 valence electrons. The molecule has 1 fully saturated rings. The van der Waals surface area contributed by atoms with E-state index in [1.807, 2.05) is 0 Å². The third-order valence-corrected chi connectivity index (χ3v) is 3.81. The fourth-order valence-corrected chi connectivity index (χ4v) is 2.83. The normalized spacial score (nSPS) is 23.9. The van der Waals surface area contributed by atoms with Gasteiger partial charge in [-0.3, -0.25) is 0 Å². The van der Waals surface area contributed by atoms with E-state index in [9.17, 15) is 0 Å². The first-order chi connectivity index (χ1) is 8.70. The van der Waals surface area contributed by atoms with E-state index in [1.54, 1.807) is 0 Å². The van der Waals surface area contributed by atoms with Crippen LogP contribution in [0.25, 0.3) is 0 Å². The molecule has 0 aromatic carbocycles. The first-order valence-electron chi connectivity index (χ1n) is 7.16. The molecule has 1 aliphatic rings. The van der Waals surface area contributed by atoms with E-state index >= 15 is 0 Å². The summed E-state index contributed by atoms with van der Waals surface area (Å²) in [6, 6.07) is 7.34. The first kappa shape index (κ1) is 13.3. The summed E-state index contributed by atoms with van der Waals surface area (Å²) in [4.78, 5) is 7.17. The second-order valence-electron chi connectivity index (χ2n) is 5.40. The van der Waals surface area contributed by atoms with Crippen LogP contribution in [-0.4, -0.2) is 23.6 Å². The Balaban J connectivity index is 2.12. The molecule has 0 radical (unpaired) electrons. The zero-order valence-electron chi connectivity index (χ0n) is 11.6. The minimum atomic E-state index is 0.412. The summed E-state index contributed by atoms with van der Waals surface area (Å²) in [5.74, 6) is 1.14. The Hall–Kier alpha value is -1.09. The van der Waals surface area contributed by atoms with Crippen molar-refractivity contribution < 1.29 is 0 Å². The summed E-state index contributed by atoms with van der Waals surface area (Å²) in [7, 11) is 0. The van der Waals surface area contributed by atoms with Crippen LogP contribution in [0.1, 0.15) is 44.7 Å². The molecule has 0 bridgehead atoms. The highest BCUT2D eigenvalue weighted by molar-refractivity contribution is 5.40. The topological polar surface area (TPSA) is 42.2 Å². The minimum absolute atomic E-state index is 0.412. The monoisotopic (exact) mass is 247 g/mol. The van der Waals surface area contributed by atoms with E-state index in [0.29, 0.717) is 12.1 Å². The predicted octanol–water partition coefficient (Wildman–Crippen LogP) is 2.88. The summed E-state index contributed by atoms with van der Waals surface area (Å²) < 4.78 is 0. The Kier molecular flexibility index (Phi) is 4.59. The highest BCUT2D eigenvalue weighted by Gasteiger charge is 2.24. The Morgan fingerprint density at radius 2 is 2.00 bits per heavy atom. The Labute approximate surface area is 110 Å². The van der Waals surface area contributed by atoms with Gasteiger partial charge in [0.25, 0.3) is 0 Å². The van der Waals surface area contributed by atoms with Crippen LogP contribution in [0.5, 0.6) is 0 Å². The van der Waals surface area contributed by atoms with Gasteiger partial charge in [-0.1, -0.05) is 13.0 Å². The van der Waals surface area contributed by atoms with Gasteiger partial charge in [-0.05, 0) is 51.2 Å². The molecule has 18 heavy (non-hydrogen) atoms. The lowest BCUT2D eigenvalue weighted by atomic mass is 9.90. The number of anilines is 1. The van der Waals surface area contributed by atoms with Gasteiger partial charge in [0, 0.05) is 24.3 Å². The lowest BCUT2D eigenvalue weighted by Gasteiger charge is -2.37. The van der Waals surface area contributed by atoms with Crippen molar-refractivity contribution in [2.75, 3.05) is 11.4 Å². The third-order valence-electron chi connectivity index (χ3n) is 3.81. The largest absolute Gasteiger partial charge is 0.354 e. The molecule has 1 saturated carbocycles. The van der Waals surface area contributed by atoms with E-state index in [0.717, 1.165) is 37.3 Å². The number of hydrogen-bond acceptors (Lipinski definition) is 3. The molecule has 0 aliphatic heterocycles. The van der Waals surface area contributed by atoms with Crippen LogP contribution in [0.3, 0.4) is 0 Å². The van der Waals surface area contributed by atoms with Crippen molar-refractivity contribution in [1.82, 2.24) is 4.98 Å². The van der Waals surface area contributed by atoms with Crippen molar-refractivity contribution in [1.29, 1.82) is 0 Å². The van der Waals surface area contributed by atoms with Crippen molar-refractivity contribution in [2.24, 2.45) is 5.73 Å². The predicted molar refractivity (Wildman–Crippen MR) is 76.8 cm³/mol. The summed E-state index contributed by atoms with van der Waals surface area (Å²) in [6.45, 7) is 5.39. The van der Waals surface area contributed by atoms with Crippen LogP contribution in [0.2, 0.25) is 0 Å². The number of rotatable bonds is 4. The number of pyridine rings is 1. The molecule has 1 aromatic heterocycles. The first-order valence-corrected chi connectivity index (χ1v) is 7.16. The quantitative estimate of drug-likeness (QED) is 0.889. The fraction of sp³-hybridized carbons (Fsp3) is 0.667. The lowest BCUT2D eigenvalue weighted by molar-refractivity contribution is 0.374. The van der Waals surface area contributed by atoms with Gasteiger partial charge in [-0.15, -0.1) is 0 Å². The standard InChI is InChI=1S/C15H25N3/c1-3-11-18(14-9-7-13(16)8-10-14)15-6-4-5-12(2)17-15/h4-6,13-14H,3,7-11,16H2,1-2H3. The zero-order chi connectivity index (χ0) is 13.0. The molecule has 0 spiro atoms. The van der Waals surface area contributed by atoms with E-state index < -0.39 is 0 Å². The SMILES string of the molecule is CCCN(c1cccc(C)n1)C1CCC(N)CC1. The van der Waals surface area contributed by atoms with Crippen molar-refractivity contribution in [3.05, 3.63) is 23.9 Å². The molecule has 1 aromatic rings. The zero-order valence-corrected chi connectivity index (χ0v) is 11.6. The molecule has 0 saturated heterocycles. The van der Waals surface area contributed by atoms with Gasteiger partial charge in [-0.25, -0.2) is 4.98 Å². The van der Waals surface area contributed by atoms with E-state index in [2.05, 4.69) is 41.9 Å². The van der Waals surface area contributed by atoms with Crippen molar-refractivity contribution in [3.8, 4) is 0 Å². The van der Waals surface area contributed by atoms with Crippen LogP contribution in [0, 0.1) is 6.92 Å². The molecule has 2 rings (SSSR count). The van der Waals surface area contributed by atoms with Crippen LogP contribution in [-0.2, 0) is 0 Å². The maximum atomic E-state index is 6.00. The molecule has 0 amide bonds. The average molecular weight is 247 g/mol. The van der Waals surface area contributed by atoms with Crippen molar-refractivity contribution in [2.45, 2.75) is 58.0 Å². The molecular weight excluding hydrogens is 222 g/mol. The molecule has 0 unspecified atom stereocenters. The molecule has 3 nitrogen and oxygen atoms in total. The van der Waals surface area contributed by atoms with E-state index in [1.165, 1.54) is 12.8 Å². The number of aromatic nitrogens is 1. The summed E-state index contributed by atoms with van der Waals surface area (Å²) in [5.41, 5.74) is 7.10. The van der Waals surface area contributed by atoms with Gasteiger partial charge < -0.3 is 10.6 Å². The number of hydrogen-bond donors (Lipinski definition) is 1. The molecule has 1 aliphatic carbocycles. The van der Waals surface area contributed by atoms with Gasteiger partial charge in [0.1, 0.15) is 5.82 Å². The van der Waals surface area contributed by atoms with Crippen LogP contribution in [0.4, 0.5) is 5.82 Å². The summed E-state index contributed by atoms with van der Waals surface area (Å²) >= 11 is 0. The number of nitrogens with two attached hydrogens (primary N) is 1. The van der Waals surface area contributed by atoms with Gasteiger partial charge in [0.2, 0.25) is 0 Å².